The zero-order valence-corrected chi connectivity index (χ0v) is 18.0. The summed E-state index contributed by atoms with van der Waals surface area (Å²) in [5, 5.41) is 0.694. The van der Waals surface area contributed by atoms with Crippen LogP contribution in [0.15, 0.2) is 27.8 Å². The number of fused-ring (bicyclic) bond motifs is 3. The summed E-state index contributed by atoms with van der Waals surface area (Å²) in [5.41, 5.74) is 2.30. The molecular weight excluding hydrogens is 390 g/mol. The molecule has 1 aromatic carbocycles. The van der Waals surface area contributed by atoms with Crippen molar-refractivity contribution in [1.82, 2.24) is 18.7 Å². The highest BCUT2D eigenvalue weighted by atomic mass is 35.5. The summed E-state index contributed by atoms with van der Waals surface area (Å²) in [4.78, 5) is 32.9. The monoisotopic (exact) mass is 415 g/mol. The molecule has 7 nitrogen and oxygen atoms in total. The molecule has 1 aliphatic rings. The molecule has 154 valence electrons. The van der Waals surface area contributed by atoms with Crippen molar-refractivity contribution in [3.63, 3.8) is 0 Å². The smallest absolute Gasteiger partial charge is 0.312 e. The molecule has 8 heteroatoms. The predicted molar refractivity (Wildman–Crippen MR) is 117 cm³/mol. The average molecular weight is 416 g/mol. The quantitative estimate of drug-likeness (QED) is 0.654. The van der Waals surface area contributed by atoms with E-state index in [1.807, 2.05) is 29.7 Å². The zero-order valence-electron chi connectivity index (χ0n) is 17.3. The molecular formula is C21H26ClN5O2. The number of benzene rings is 1. The zero-order chi connectivity index (χ0) is 20.9. The fourth-order valence-corrected chi connectivity index (χ4v) is 4.14. The number of rotatable bonds is 4. The van der Waals surface area contributed by atoms with Crippen LogP contribution < -0.4 is 16.1 Å². The minimum absolute atomic E-state index is 0.257. The van der Waals surface area contributed by atoms with Gasteiger partial charge in [-0.15, -0.1) is 0 Å². The first kappa shape index (κ1) is 19.8. The topological polar surface area (TPSA) is 65.1 Å². The van der Waals surface area contributed by atoms with Crippen LogP contribution in [0.4, 0.5) is 11.6 Å². The van der Waals surface area contributed by atoms with Crippen molar-refractivity contribution in [2.75, 3.05) is 11.4 Å². The second kappa shape index (κ2) is 7.37. The second-order valence-electron chi connectivity index (χ2n) is 8.11. The van der Waals surface area contributed by atoms with Gasteiger partial charge in [0.15, 0.2) is 11.2 Å². The lowest BCUT2D eigenvalue weighted by Gasteiger charge is -2.30. The van der Waals surface area contributed by atoms with E-state index in [-0.39, 0.29) is 11.2 Å². The Balaban J connectivity index is 1.94. The minimum atomic E-state index is -0.316. The van der Waals surface area contributed by atoms with E-state index >= 15 is 0 Å². The summed E-state index contributed by atoms with van der Waals surface area (Å²) in [6, 6.07) is 5.79. The Morgan fingerprint density at radius 2 is 1.97 bits per heavy atom. The standard InChI is InChI=1S/C21H26ClN5O2/c1-13(2)9-12-27-19(28)17-18(24(4)21(27)29)23-20-25(10-6-11-26(17)20)16-8-5-7-15(22)14(16)3/h5,7-8,13H,6,9-12H2,1-4H3. The Hall–Kier alpha value is -2.54. The molecule has 4 rings (SSSR count). The number of aryl methyl sites for hydroxylation is 2. The molecule has 0 fully saturated rings. The van der Waals surface area contributed by atoms with Crippen LogP contribution in [0.3, 0.4) is 0 Å². The van der Waals surface area contributed by atoms with Crippen LogP contribution >= 0.6 is 11.6 Å². The molecule has 3 aromatic rings. The molecule has 0 radical (unpaired) electrons. The van der Waals surface area contributed by atoms with Crippen LogP contribution in [-0.2, 0) is 20.1 Å². The maximum atomic E-state index is 13.3. The first-order valence-corrected chi connectivity index (χ1v) is 10.4. The lowest BCUT2D eigenvalue weighted by atomic mass is 10.1. The Kier molecular flexibility index (Phi) is 5.02. The SMILES string of the molecule is Cc1c(Cl)cccc1N1CCCn2c1nc1c2c(=O)n(CCC(C)C)c(=O)n1C. The third kappa shape index (κ3) is 3.17. The van der Waals surface area contributed by atoms with Gasteiger partial charge in [0.05, 0.1) is 0 Å². The van der Waals surface area contributed by atoms with Gasteiger partial charge in [-0.3, -0.25) is 13.9 Å². The van der Waals surface area contributed by atoms with Gasteiger partial charge in [-0.05, 0) is 43.4 Å². The first-order valence-electron chi connectivity index (χ1n) is 10.0. The molecule has 0 spiro atoms. The predicted octanol–water partition coefficient (Wildman–Crippen LogP) is 3.45. The van der Waals surface area contributed by atoms with Gasteiger partial charge in [0, 0.05) is 37.4 Å². The number of hydrogen-bond acceptors (Lipinski definition) is 4. The van der Waals surface area contributed by atoms with Gasteiger partial charge in [0.1, 0.15) is 0 Å². The van der Waals surface area contributed by atoms with Crippen LogP contribution in [0.1, 0.15) is 32.3 Å². The highest BCUT2D eigenvalue weighted by Gasteiger charge is 2.27. The average Bonchev–Trinajstić information content (AvgIpc) is 3.08. The number of aromatic nitrogens is 4. The van der Waals surface area contributed by atoms with E-state index in [4.69, 9.17) is 16.6 Å². The highest BCUT2D eigenvalue weighted by Crippen LogP contribution is 2.35. The van der Waals surface area contributed by atoms with E-state index in [2.05, 4.69) is 18.7 Å². The van der Waals surface area contributed by atoms with Crippen LogP contribution in [0.25, 0.3) is 11.2 Å². The second-order valence-corrected chi connectivity index (χ2v) is 8.51. The molecule has 1 aliphatic heterocycles. The number of halogens is 1. The van der Waals surface area contributed by atoms with E-state index in [1.165, 1.54) is 9.13 Å². The van der Waals surface area contributed by atoms with Crippen molar-refractivity contribution in [1.29, 1.82) is 0 Å². The van der Waals surface area contributed by atoms with Gasteiger partial charge >= 0.3 is 5.69 Å². The van der Waals surface area contributed by atoms with Gasteiger partial charge in [-0.25, -0.2) is 4.79 Å². The molecule has 29 heavy (non-hydrogen) atoms. The van der Waals surface area contributed by atoms with Gasteiger partial charge in [0.2, 0.25) is 5.95 Å². The van der Waals surface area contributed by atoms with E-state index < -0.39 is 0 Å². The molecule has 2 aromatic heterocycles. The molecule has 0 unspecified atom stereocenters. The minimum Gasteiger partial charge on any atom is -0.312 e. The molecule has 0 amide bonds. The number of anilines is 2. The molecule has 0 atom stereocenters. The molecule has 0 N–H and O–H groups in total. The highest BCUT2D eigenvalue weighted by molar-refractivity contribution is 6.31. The van der Waals surface area contributed by atoms with Gasteiger partial charge in [0.25, 0.3) is 5.56 Å². The first-order chi connectivity index (χ1) is 13.8. The van der Waals surface area contributed by atoms with Crippen molar-refractivity contribution in [2.45, 2.75) is 46.7 Å². The van der Waals surface area contributed by atoms with Crippen LogP contribution in [0, 0.1) is 12.8 Å². The lowest BCUT2D eigenvalue weighted by molar-refractivity contribution is 0.487. The summed E-state index contributed by atoms with van der Waals surface area (Å²) in [6.07, 6.45) is 1.65. The maximum Gasteiger partial charge on any atom is 0.332 e. The summed E-state index contributed by atoms with van der Waals surface area (Å²) >= 11 is 6.34. The summed E-state index contributed by atoms with van der Waals surface area (Å²) in [5.74, 6) is 1.09. The van der Waals surface area contributed by atoms with Gasteiger partial charge in [-0.1, -0.05) is 31.5 Å². The van der Waals surface area contributed by atoms with Crippen molar-refractivity contribution < 1.29 is 0 Å². The molecule has 0 bridgehead atoms. The van der Waals surface area contributed by atoms with Gasteiger partial charge < -0.3 is 9.47 Å². The van der Waals surface area contributed by atoms with E-state index in [1.54, 1.807) is 7.05 Å². The third-order valence-corrected chi connectivity index (χ3v) is 6.09. The van der Waals surface area contributed by atoms with Gasteiger partial charge in [-0.2, -0.15) is 4.98 Å². The fourth-order valence-electron chi connectivity index (χ4n) is 3.97. The third-order valence-electron chi connectivity index (χ3n) is 5.68. The maximum absolute atomic E-state index is 13.3. The number of hydrogen-bond donors (Lipinski definition) is 0. The van der Waals surface area contributed by atoms with E-state index in [9.17, 15) is 9.59 Å². The van der Waals surface area contributed by atoms with Crippen molar-refractivity contribution in [3.8, 4) is 0 Å². The number of nitrogens with zero attached hydrogens (tertiary/aromatic N) is 5. The Morgan fingerprint density at radius 3 is 2.69 bits per heavy atom. The Labute approximate surface area is 174 Å². The largest absolute Gasteiger partial charge is 0.332 e. The van der Waals surface area contributed by atoms with Crippen LogP contribution in [0.2, 0.25) is 5.02 Å². The lowest BCUT2D eigenvalue weighted by Crippen LogP contribution is -2.40. The Morgan fingerprint density at radius 1 is 1.21 bits per heavy atom. The van der Waals surface area contributed by atoms with Crippen molar-refractivity contribution in [3.05, 3.63) is 49.6 Å². The van der Waals surface area contributed by atoms with Crippen molar-refractivity contribution in [2.24, 2.45) is 13.0 Å². The molecule has 0 aliphatic carbocycles. The van der Waals surface area contributed by atoms with E-state index in [0.717, 1.165) is 30.6 Å². The van der Waals surface area contributed by atoms with Crippen LogP contribution in [0.5, 0.6) is 0 Å². The normalized spacial score (nSPS) is 14.1. The molecule has 3 heterocycles. The Bertz CT molecular complexity index is 1200. The van der Waals surface area contributed by atoms with Crippen molar-refractivity contribution >= 4 is 34.4 Å². The number of imidazole rings is 1. The fraction of sp³-hybridized carbons (Fsp3) is 0.476. The molecule has 0 saturated heterocycles. The molecule has 0 saturated carbocycles. The summed E-state index contributed by atoms with van der Waals surface area (Å²) < 4.78 is 4.79. The van der Waals surface area contributed by atoms with E-state index in [0.29, 0.717) is 41.1 Å². The summed E-state index contributed by atoms with van der Waals surface area (Å²) in [7, 11) is 1.68. The summed E-state index contributed by atoms with van der Waals surface area (Å²) in [6.45, 7) is 8.03. The van der Waals surface area contributed by atoms with Crippen LogP contribution in [-0.4, -0.2) is 25.2 Å².